The van der Waals surface area contributed by atoms with E-state index < -0.39 is 10.0 Å². The molecular formula is C16H20N4O3S2. The van der Waals surface area contributed by atoms with E-state index in [0.29, 0.717) is 19.6 Å². The van der Waals surface area contributed by atoms with Crippen molar-refractivity contribution in [3.8, 4) is 0 Å². The molecule has 7 nitrogen and oxygen atoms in total. The summed E-state index contributed by atoms with van der Waals surface area (Å²) in [5.74, 6) is 0. The molecule has 0 radical (unpaired) electrons. The van der Waals surface area contributed by atoms with Crippen molar-refractivity contribution in [3.05, 3.63) is 46.4 Å². The highest BCUT2D eigenvalue weighted by molar-refractivity contribution is 7.89. The Morgan fingerprint density at radius 1 is 1.28 bits per heavy atom. The standard InChI is InChI=1S/C16H20N4O3S2/c1-13-4-10-24-15(13)12-18-16(21)19-6-8-20(9-7-19)25(22,23)14-3-2-5-17-11-14/h2-5,10-11H,6-9,12H2,1H3,(H,18,21). The minimum absolute atomic E-state index is 0.161. The van der Waals surface area contributed by atoms with E-state index >= 15 is 0 Å². The second-order valence-corrected chi connectivity index (χ2v) is 8.70. The topological polar surface area (TPSA) is 82.6 Å². The SMILES string of the molecule is Cc1ccsc1CNC(=O)N1CCN(S(=O)(=O)c2cccnc2)CC1. The Morgan fingerprint density at radius 2 is 2.04 bits per heavy atom. The van der Waals surface area contributed by atoms with Gasteiger partial charge in [0.1, 0.15) is 4.90 Å². The number of sulfonamides is 1. The molecular weight excluding hydrogens is 360 g/mol. The van der Waals surface area contributed by atoms with Crippen molar-refractivity contribution in [2.45, 2.75) is 18.4 Å². The molecule has 1 N–H and O–H groups in total. The summed E-state index contributed by atoms with van der Waals surface area (Å²) >= 11 is 1.61. The number of piperazine rings is 1. The summed E-state index contributed by atoms with van der Waals surface area (Å²) in [6, 6.07) is 4.99. The lowest BCUT2D eigenvalue weighted by molar-refractivity contribution is 0.172. The highest BCUT2D eigenvalue weighted by atomic mass is 32.2. The molecule has 1 aliphatic rings. The van der Waals surface area contributed by atoms with Crippen molar-refractivity contribution in [1.29, 1.82) is 0 Å². The van der Waals surface area contributed by atoms with E-state index in [-0.39, 0.29) is 24.0 Å². The van der Waals surface area contributed by atoms with Crippen LogP contribution in [0, 0.1) is 6.92 Å². The molecule has 25 heavy (non-hydrogen) atoms. The first-order valence-corrected chi connectivity index (χ1v) is 10.3. The van der Waals surface area contributed by atoms with Crippen LogP contribution in [0.25, 0.3) is 0 Å². The van der Waals surface area contributed by atoms with E-state index in [2.05, 4.69) is 10.3 Å². The van der Waals surface area contributed by atoms with Crippen LogP contribution in [0.4, 0.5) is 4.79 Å². The van der Waals surface area contributed by atoms with Gasteiger partial charge in [-0.15, -0.1) is 11.3 Å². The average molecular weight is 380 g/mol. The Morgan fingerprint density at radius 3 is 2.64 bits per heavy atom. The first-order valence-electron chi connectivity index (χ1n) is 7.94. The molecule has 0 bridgehead atoms. The number of thiophene rings is 1. The van der Waals surface area contributed by atoms with Gasteiger partial charge < -0.3 is 10.2 Å². The van der Waals surface area contributed by atoms with Crippen LogP contribution < -0.4 is 5.32 Å². The third kappa shape index (κ3) is 4.00. The number of hydrogen-bond donors (Lipinski definition) is 1. The van der Waals surface area contributed by atoms with Crippen molar-refractivity contribution in [1.82, 2.24) is 19.5 Å². The summed E-state index contributed by atoms with van der Waals surface area (Å²) in [6.45, 7) is 3.81. The number of urea groups is 1. The molecule has 3 heterocycles. The lowest BCUT2D eigenvalue weighted by Gasteiger charge is -2.33. The largest absolute Gasteiger partial charge is 0.333 e. The lowest BCUT2D eigenvalue weighted by atomic mass is 10.3. The van der Waals surface area contributed by atoms with E-state index in [4.69, 9.17) is 0 Å². The van der Waals surface area contributed by atoms with Crippen LogP contribution in [0.2, 0.25) is 0 Å². The third-order valence-corrected chi connectivity index (χ3v) is 7.07. The van der Waals surface area contributed by atoms with Gasteiger partial charge in [-0.2, -0.15) is 4.31 Å². The molecule has 2 aromatic heterocycles. The molecule has 2 aromatic rings. The van der Waals surface area contributed by atoms with E-state index in [1.165, 1.54) is 22.8 Å². The molecule has 1 aliphatic heterocycles. The van der Waals surface area contributed by atoms with E-state index in [0.717, 1.165) is 10.4 Å². The van der Waals surface area contributed by atoms with E-state index in [1.807, 2.05) is 18.4 Å². The van der Waals surface area contributed by atoms with Crippen molar-refractivity contribution < 1.29 is 13.2 Å². The van der Waals surface area contributed by atoms with Gasteiger partial charge in [-0.25, -0.2) is 13.2 Å². The van der Waals surface area contributed by atoms with Crippen LogP contribution in [0.15, 0.2) is 40.9 Å². The number of nitrogens with one attached hydrogen (secondary N) is 1. The normalized spacial score (nSPS) is 16.0. The number of nitrogens with zero attached hydrogens (tertiary/aromatic N) is 3. The van der Waals surface area contributed by atoms with Crippen molar-refractivity contribution in [2.75, 3.05) is 26.2 Å². The molecule has 1 saturated heterocycles. The monoisotopic (exact) mass is 380 g/mol. The third-order valence-electron chi connectivity index (χ3n) is 4.17. The number of pyridine rings is 1. The van der Waals surface area contributed by atoms with Gasteiger partial charge in [0.15, 0.2) is 0 Å². The van der Waals surface area contributed by atoms with Gasteiger partial charge in [-0.3, -0.25) is 4.98 Å². The molecule has 0 saturated carbocycles. The number of rotatable bonds is 4. The summed E-state index contributed by atoms with van der Waals surface area (Å²) < 4.78 is 26.5. The van der Waals surface area contributed by atoms with Crippen molar-refractivity contribution in [2.24, 2.45) is 0 Å². The molecule has 0 aromatic carbocycles. The Bertz CT molecular complexity index is 828. The predicted octanol–water partition coefficient (Wildman–Crippen LogP) is 1.67. The van der Waals surface area contributed by atoms with Crippen molar-refractivity contribution in [3.63, 3.8) is 0 Å². The fraction of sp³-hybridized carbons (Fsp3) is 0.375. The number of amides is 2. The fourth-order valence-electron chi connectivity index (χ4n) is 2.63. The number of aryl methyl sites for hydroxylation is 1. The molecule has 9 heteroatoms. The Labute approximate surface area is 151 Å². The average Bonchev–Trinajstić information content (AvgIpc) is 3.05. The zero-order chi connectivity index (χ0) is 17.9. The van der Waals surface area contributed by atoms with Crippen LogP contribution in [-0.2, 0) is 16.6 Å². The van der Waals surface area contributed by atoms with Crippen molar-refractivity contribution >= 4 is 27.4 Å². The number of aromatic nitrogens is 1. The lowest BCUT2D eigenvalue weighted by Crippen LogP contribution is -2.52. The highest BCUT2D eigenvalue weighted by Gasteiger charge is 2.30. The second kappa shape index (κ2) is 7.51. The first kappa shape index (κ1) is 17.8. The molecule has 2 amide bonds. The Hall–Kier alpha value is -1.97. The summed E-state index contributed by atoms with van der Waals surface area (Å²) in [4.78, 5) is 19.1. The van der Waals surface area contributed by atoms with Crippen LogP contribution in [-0.4, -0.2) is 54.8 Å². The zero-order valence-electron chi connectivity index (χ0n) is 13.9. The number of carbonyl (C=O) groups is 1. The maximum atomic E-state index is 12.6. The smallest absolute Gasteiger partial charge is 0.317 e. The summed E-state index contributed by atoms with van der Waals surface area (Å²) in [6.07, 6.45) is 2.88. The van der Waals surface area contributed by atoms with Gasteiger partial charge in [-0.1, -0.05) is 0 Å². The minimum atomic E-state index is -3.55. The van der Waals surface area contributed by atoms with Gasteiger partial charge in [0.2, 0.25) is 10.0 Å². The highest BCUT2D eigenvalue weighted by Crippen LogP contribution is 2.17. The van der Waals surface area contributed by atoms with Crippen LogP contribution in [0.5, 0.6) is 0 Å². The van der Waals surface area contributed by atoms with Crippen LogP contribution in [0.1, 0.15) is 10.4 Å². The predicted molar refractivity (Wildman–Crippen MR) is 95.9 cm³/mol. The minimum Gasteiger partial charge on any atom is -0.333 e. The number of hydrogen-bond acceptors (Lipinski definition) is 5. The van der Waals surface area contributed by atoms with Gasteiger partial charge >= 0.3 is 6.03 Å². The van der Waals surface area contributed by atoms with E-state index in [9.17, 15) is 13.2 Å². The van der Waals surface area contributed by atoms with Crippen LogP contribution in [0.3, 0.4) is 0 Å². The molecule has 134 valence electrons. The molecule has 1 fully saturated rings. The molecule has 0 aliphatic carbocycles. The van der Waals surface area contributed by atoms with Gasteiger partial charge in [0.05, 0.1) is 6.54 Å². The Kier molecular flexibility index (Phi) is 5.36. The maximum absolute atomic E-state index is 12.6. The second-order valence-electron chi connectivity index (χ2n) is 5.77. The van der Waals surface area contributed by atoms with Crippen LogP contribution >= 0.6 is 11.3 Å². The van der Waals surface area contributed by atoms with Gasteiger partial charge in [0, 0.05) is 43.4 Å². The summed E-state index contributed by atoms with van der Waals surface area (Å²) in [7, 11) is -3.55. The quantitative estimate of drug-likeness (QED) is 0.875. The molecule has 3 rings (SSSR count). The zero-order valence-corrected chi connectivity index (χ0v) is 15.5. The fourth-order valence-corrected chi connectivity index (χ4v) is 4.87. The first-order chi connectivity index (χ1) is 12.0. The summed E-state index contributed by atoms with van der Waals surface area (Å²) in [5.41, 5.74) is 1.16. The maximum Gasteiger partial charge on any atom is 0.317 e. The molecule has 0 spiro atoms. The van der Waals surface area contributed by atoms with Gasteiger partial charge in [0.25, 0.3) is 0 Å². The number of carbonyl (C=O) groups excluding carboxylic acids is 1. The summed E-state index contributed by atoms with van der Waals surface area (Å²) in [5, 5.41) is 4.90. The Balaban J connectivity index is 1.55. The van der Waals surface area contributed by atoms with E-state index in [1.54, 1.807) is 22.3 Å². The van der Waals surface area contributed by atoms with Gasteiger partial charge in [-0.05, 0) is 36.1 Å². The molecule has 0 atom stereocenters. The molecule has 0 unspecified atom stereocenters.